The molecule has 0 aromatic heterocycles. The summed E-state index contributed by atoms with van der Waals surface area (Å²) >= 11 is 0. The van der Waals surface area contributed by atoms with Gasteiger partial charge in [0, 0.05) is 30.6 Å². The predicted octanol–water partition coefficient (Wildman–Crippen LogP) is 9.53. The number of alkyl halides is 1. The zero-order valence-corrected chi connectivity index (χ0v) is 32.8. The molecule has 1 aliphatic heterocycles. The molecule has 4 aromatic carbocycles. The van der Waals surface area contributed by atoms with E-state index >= 15 is 0 Å². The fourth-order valence-corrected chi connectivity index (χ4v) is 6.84. The zero-order valence-electron chi connectivity index (χ0n) is 32.8. The molecular weight excluding hydrogens is 705 g/mol. The van der Waals surface area contributed by atoms with E-state index < -0.39 is 65.9 Å². The molecule has 5 atom stereocenters. The van der Waals surface area contributed by atoms with Gasteiger partial charge >= 0.3 is 6.09 Å². The topological polar surface area (TPSA) is 60.5 Å². The van der Waals surface area contributed by atoms with Gasteiger partial charge in [-0.15, -0.1) is 0 Å². The van der Waals surface area contributed by atoms with Crippen molar-refractivity contribution in [2.24, 2.45) is 5.41 Å². The minimum absolute atomic E-state index is 0.0116. The fraction of sp³-hybridized carbons (Fsp3) is 0.444. The summed E-state index contributed by atoms with van der Waals surface area (Å²) in [6.07, 6.45) is -2.10. The van der Waals surface area contributed by atoms with Crippen LogP contribution in [0, 0.1) is 17.0 Å². The van der Waals surface area contributed by atoms with E-state index in [-0.39, 0.29) is 26.2 Å². The lowest BCUT2D eigenvalue weighted by Gasteiger charge is -2.50. The molecule has 0 N–H and O–H groups in total. The van der Waals surface area contributed by atoms with Crippen LogP contribution >= 0.6 is 0 Å². The van der Waals surface area contributed by atoms with Crippen LogP contribution in [0.5, 0.6) is 0 Å². The second-order valence-electron chi connectivity index (χ2n) is 16.2. The molecular formula is C45H55F3N2O5. The van der Waals surface area contributed by atoms with Crippen molar-refractivity contribution in [1.29, 1.82) is 0 Å². The highest BCUT2D eigenvalue weighted by atomic mass is 19.1. The number of hydrogen-bond donors (Lipinski definition) is 0. The smallest absolute Gasteiger partial charge is 0.411 e. The van der Waals surface area contributed by atoms with Gasteiger partial charge in [0.05, 0.1) is 44.7 Å². The summed E-state index contributed by atoms with van der Waals surface area (Å²) in [5.74, 6) is -1.37. The lowest BCUT2D eigenvalue weighted by atomic mass is 9.91. The third-order valence-electron chi connectivity index (χ3n) is 9.56. The Kier molecular flexibility index (Phi) is 14.6. The fourth-order valence-electron chi connectivity index (χ4n) is 6.84. The number of benzene rings is 4. The van der Waals surface area contributed by atoms with Crippen LogP contribution in [0.15, 0.2) is 109 Å². The van der Waals surface area contributed by atoms with Crippen molar-refractivity contribution in [2.45, 2.75) is 104 Å². The molecule has 1 fully saturated rings. The minimum Gasteiger partial charge on any atom is -0.444 e. The van der Waals surface area contributed by atoms with Crippen LogP contribution in [0.3, 0.4) is 0 Å². The molecule has 1 amide bonds. The summed E-state index contributed by atoms with van der Waals surface area (Å²) in [5.41, 5.74) is 1.79. The summed E-state index contributed by atoms with van der Waals surface area (Å²) in [7, 11) is 0. The lowest BCUT2D eigenvalue weighted by Crippen LogP contribution is -2.66. The number of rotatable bonds is 16. The first kappa shape index (κ1) is 41.9. The predicted molar refractivity (Wildman–Crippen MR) is 208 cm³/mol. The van der Waals surface area contributed by atoms with Crippen molar-refractivity contribution in [3.8, 4) is 0 Å². The maximum Gasteiger partial charge on any atom is 0.411 e. The van der Waals surface area contributed by atoms with Crippen LogP contribution in [-0.4, -0.2) is 71.9 Å². The van der Waals surface area contributed by atoms with Gasteiger partial charge in [-0.1, -0.05) is 105 Å². The summed E-state index contributed by atoms with van der Waals surface area (Å²) in [6, 6.07) is 31.2. The Morgan fingerprint density at radius 2 is 1.35 bits per heavy atom. The third kappa shape index (κ3) is 12.4. The van der Waals surface area contributed by atoms with Crippen LogP contribution in [0.25, 0.3) is 0 Å². The average Bonchev–Trinajstić information content (AvgIpc) is 3.14. The molecule has 7 nitrogen and oxygen atoms in total. The van der Waals surface area contributed by atoms with Gasteiger partial charge in [0.25, 0.3) is 0 Å². The number of carbonyl (C=O) groups is 1. The van der Waals surface area contributed by atoms with Crippen molar-refractivity contribution in [2.75, 3.05) is 19.9 Å². The monoisotopic (exact) mass is 760 g/mol. The summed E-state index contributed by atoms with van der Waals surface area (Å²) < 4.78 is 69.2. The molecule has 5 rings (SSSR count). The highest BCUT2D eigenvalue weighted by Gasteiger charge is 2.48. The largest absolute Gasteiger partial charge is 0.444 e. The Hall–Kier alpha value is -4.22. The summed E-state index contributed by atoms with van der Waals surface area (Å²) in [6.45, 7) is 11.3. The molecule has 1 aliphatic rings. The van der Waals surface area contributed by atoms with Gasteiger partial charge in [0.1, 0.15) is 17.2 Å². The lowest BCUT2D eigenvalue weighted by molar-refractivity contribution is -0.240. The highest BCUT2D eigenvalue weighted by Crippen LogP contribution is 2.33. The van der Waals surface area contributed by atoms with Crippen molar-refractivity contribution >= 4 is 6.09 Å². The number of hydrogen-bond acceptors (Lipinski definition) is 6. The maximum absolute atomic E-state index is 14.9. The van der Waals surface area contributed by atoms with E-state index in [0.717, 1.165) is 22.8 Å². The molecule has 0 bridgehead atoms. The summed E-state index contributed by atoms with van der Waals surface area (Å²) in [5, 5.41) is 0. The van der Waals surface area contributed by atoms with Crippen LogP contribution < -0.4 is 0 Å². The quantitative estimate of drug-likeness (QED) is 0.113. The minimum atomic E-state index is -0.884. The normalized spacial score (nSPS) is 18.9. The molecule has 55 heavy (non-hydrogen) atoms. The second-order valence-corrected chi connectivity index (χ2v) is 16.2. The van der Waals surface area contributed by atoms with E-state index in [1.165, 1.54) is 12.1 Å². The van der Waals surface area contributed by atoms with Crippen LogP contribution in [-0.2, 0) is 45.1 Å². The number of ether oxygens (including phenoxy) is 4. The van der Waals surface area contributed by atoms with E-state index in [2.05, 4.69) is 4.90 Å². The third-order valence-corrected chi connectivity index (χ3v) is 9.56. The van der Waals surface area contributed by atoms with Crippen LogP contribution in [0.2, 0.25) is 0 Å². The van der Waals surface area contributed by atoms with Gasteiger partial charge in [-0.25, -0.2) is 13.6 Å². The van der Waals surface area contributed by atoms with Gasteiger partial charge in [0.15, 0.2) is 6.29 Å². The molecule has 1 saturated heterocycles. The van der Waals surface area contributed by atoms with Gasteiger partial charge < -0.3 is 18.9 Å². The highest BCUT2D eigenvalue weighted by molar-refractivity contribution is 5.69. The van der Waals surface area contributed by atoms with Crippen molar-refractivity contribution in [3.05, 3.63) is 143 Å². The molecule has 1 heterocycles. The van der Waals surface area contributed by atoms with Gasteiger partial charge in [-0.3, -0.25) is 14.2 Å². The maximum atomic E-state index is 14.9. The van der Waals surface area contributed by atoms with Crippen LogP contribution in [0.1, 0.15) is 63.8 Å². The second kappa shape index (κ2) is 19.1. The Balaban J connectivity index is 1.65. The van der Waals surface area contributed by atoms with E-state index in [4.69, 9.17) is 18.9 Å². The first-order chi connectivity index (χ1) is 26.2. The Morgan fingerprint density at radius 1 is 0.818 bits per heavy atom. The number of amides is 1. The number of morpholine rings is 1. The number of carbonyl (C=O) groups excluding carboxylic acids is 1. The molecule has 10 heteroatoms. The number of nitrogens with zero attached hydrogens (tertiary/aromatic N) is 2. The number of halogens is 3. The van der Waals surface area contributed by atoms with E-state index in [1.807, 2.05) is 97.9 Å². The molecule has 4 aromatic rings. The summed E-state index contributed by atoms with van der Waals surface area (Å²) in [4.78, 5) is 18.3. The molecule has 0 saturated carbocycles. The standard InChI is InChI=1S/C45H55F3N2O5/c1-32-42(54-31-45(5,6)30-46)53-29-40(50(32)43(51)55-44(2,3)4)41(52-28-35-20-14-9-15-21-35)39(24-36-22-37(47)25-38(48)23-36)49(26-33-16-10-7-11-17-33)27-34-18-12-8-13-19-34/h7-23,25,32,39-42H,24,26-31H2,1-6H3/t32-,39-,40+,41-,42-/m0/s1. The van der Waals surface area contributed by atoms with E-state index in [1.54, 1.807) is 39.5 Å². The van der Waals surface area contributed by atoms with Gasteiger partial charge in [-0.2, -0.15) is 0 Å². The molecule has 0 spiro atoms. The van der Waals surface area contributed by atoms with Crippen molar-refractivity contribution < 1.29 is 36.9 Å². The van der Waals surface area contributed by atoms with Crippen molar-refractivity contribution in [1.82, 2.24) is 9.80 Å². The molecule has 0 radical (unpaired) electrons. The van der Waals surface area contributed by atoms with Crippen molar-refractivity contribution in [3.63, 3.8) is 0 Å². The molecule has 0 unspecified atom stereocenters. The Bertz CT molecular complexity index is 1710. The first-order valence-electron chi connectivity index (χ1n) is 18.9. The van der Waals surface area contributed by atoms with E-state index in [0.29, 0.717) is 18.7 Å². The molecule has 296 valence electrons. The van der Waals surface area contributed by atoms with E-state index in [9.17, 15) is 18.0 Å². The average molecular weight is 761 g/mol. The Labute approximate surface area is 324 Å². The van der Waals surface area contributed by atoms with Gasteiger partial charge in [0.2, 0.25) is 0 Å². The van der Waals surface area contributed by atoms with Crippen LogP contribution in [0.4, 0.5) is 18.0 Å². The van der Waals surface area contributed by atoms with Gasteiger partial charge in [-0.05, 0) is 68.5 Å². The zero-order chi connectivity index (χ0) is 39.6. The SMILES string of the molecule is C[C@H]1[C@H](OCC(C)(C)CF)OC[C@H]([C@@H](OCc2ccccc2)[C@H](Cc2cc(F)cc(F)c2)N(Cc2ccccc2)Cc2ccccc2)N1C(=O)OC(C)(C)C. The first-order valence-corrected chi connectivity index (χ1v) is 18.9. The molecule has 0 aliphatic carbocycles. The Morgan fingerprint density at radius 3 is 1.85 bits per heavy atom.